The van der Waals surface area contributed by atoms with Crippen LogP contribution in [0.2, 0.25) is 5.02 Å². The van der Waals surface area contributed by atoms with Gasteiger partial charge in [-0.05, 0) is 36.4 Å². The van der Waals surface area contributed by atoms with Crippen molar-refractivity contribution in [1.82, 2.24) is 0 Å². The van der Waals surface area contributed by atoms with E-state index in [0.29, 0.717) is 16.3 Å². The van der Waals surface area contributed by atoms with Crippen molar-refractivity contribution in [3.8, 4) is 5.75 Å². The molecule has 5 heteroatoms. The highest BCUT2D eigenvalue weighted by Crippen LogP contribution is 2.34. The molecule has 2 aromatic carbocycles. The van der Waals surface area contributed by atoms with E-state index in [1.165, 1.54) is 11.8 Å². The van der Waals surface area contributed by atoms with E-state index in [-0.39, 0.29) is 5.78 Å². The zero-order chi connectivity index (χ0) is 14.1. The molecule has 0 spiro atoms. The van der Waals surface area contributed by atoms with Gasteiger partial charge >= 0.3 is 5.97 Å². The molecule has 0 aliphatic carbocycles. The van der Waals surface area contributed by atoms with Crippen molar-refractivity contribution >= 4 is 35.1 Å². The van der Waals surface area contributed by atoms with Gasteiger partial charge in [-0.1, -0.05) is 23.7 Å². The summed E-state index contributed by atoms with van der Waals surface area (Å²) >= 11 is 6.98. The van der Waals surface area contributed by atoms with Gasteiger partial charge in [0.05, 0.1) is 5.56 Å². The van der Waals surface area contributed by atoms with E-state index in [0.717, 1.165) is 4.90 Å². The second-order valence-electron chi connectivity index (χ2n) is 4.23. The summed E-state index contributed by atoms with van der Waals surface area (Å²) in [7, 11) is 0. The Hall–Kier alpha value is -1.78. The Kier molecular flexibility index (Phi) is 3.51. The summed E-state index contributed by atoms with van der Waals surface area (Å²) in [5.74, 6) is -0.430. The van der Waals surface area contributed by atoms with Crippen molar-refractivity contribution in [3.63, 3.8) is 0 Å². The van der Waals surface area contributed by atoms with Crippen LogP contribution in [0, 0.1) is 0 Å². The van der Waals surface area contributed by atoms with E-state index in [1.807, 2.05) is 0 Å². The number of ether oxygens (including phenoxy) is 1. The summed E-state index contributed by atoms with van der Waals surface area (Å²) < 4.78 is 5.20. The second-order valence-corrected chi connectivity index (χ2v) is 5.85. The molecule has 0 N–H and O–H groups in total. The Bertz CT molecular complexity index is 682. The molecule has 0 fully saturated rings. The number of hydrogen-bond acceptors (Lipinski definition) is 4. The van der Waals surface area contributed by atoms with Crippen LogP contribution in [0.25, 0.3) is 0 Å². The minimum atomic E-state index is -0.869. The molecule has 1 heterocycles. The molecule has 0 saturated heterocycles. The largest absolute Gasteiger partial charge is 0.425 e. The molecule has 3 rings (SSSR count). The molecule has 20 heavy (non-hydrogen) atoms. The number of ketones is 1. The number of thioether (sulfide) groups is 1. The molecule has 0 amide bonds. The third-order valence-electron chi connectivity index (χ3n) is 2.88. The molecule has 2 aromatic rings. The van der Waals surface area contributed by atoms with Crippen molar-refractivity contribution in [2.45, 2.75) is 10.1 Å². The van der Waals surface area contributed by atoms with E-state index in [4.69, 9.17) is 16.3 Å². The number of halogens is 1. The molecule has 3 nitrogen and oxygen atoms in total. The lowest BCUT2D eigenvalue weighted by molar-refractivity contribution is -0.133. The van der Waals surface area contributed by atoms with Gasteiger partial charge in [-0.15, -0.1) is 11.8 Å². The summed E-state index contributed by atoms with van der Waals surface area (Å²) in [6.07, 6.45) is 0. The monoisotopic (exact) mass is 304 g/mol. The second kappa shape index (κ2) is 5.31. The molecule has 0 aromatic heterocycles. The fraction of sp³-hybridized carbons (Fsp3) is 0.0667. The fourth-order valence-corrected chi connectivity index (χ4v) is 2.99. The maximum atomic E-state index is 12.4. The number of esters is 1. The summed E-state index contributed by atoms with van der Waals surface area (Å²) in [6.45, 7) is 0. The molecule has 100 valence electrons. The molecule has 1 atom stereocenters. The lowest BCUT2D eigenvalue weighted by Crippen LogP contribution is -2.35. The van der Waals surface area contributed by atoms with Crippen molar-refractivity contribution in [3.05, 3.63) is 59.1 Å². The van der Waals surface area contributed by atoms with Gasteiger partial charge in [0.15, 0.2) is 11.0 Å². The van der Waals surface area contributed by atoms with Crippen LogP contribution in [-0.4, -0.2) is 17.0 Å². The third kappa shape index (κ3) is 2.44. The first kappa shape index (κ1) is 13.2. The number of carbonyl (C=O) groups excluding carboxylic acids is 2. The van der Waals surface area contributed by atoms with Gasteiger partial charge in [0.1, 0.15) is 5.75 Å². The lowest BCUT2D eigenvalue weighted by Gasteiger charge is -2.21. The van der Waals surface area contributed by atoms with Crippen LogP contribution in [0.3, 0.4) is 0 Å². The van der Waals surface area contributed by atoms with Crippen LogP contribution >= 0.6 is 23.4 Å². The minimum absolute atomic E-state index is 0.225. The maximum Gasteiger partial charge on any atom is 0.332 e. The SMILES string of the molecule is O=C1Oc2ccccc2C(=O)C1Sc1ccc(Cl)cc1. The molecule has 0 saturated carbocycles. The van der Waals surface area contributed by atoms with Crippen molar-refractivity contribution in [1.29, 1.82) is 0 Å². The molecular weight excluding hydrogens is 296 g/mol. The molecule has 0 radical (unpaired) electrons. The van der Waals surface area contributed by atoms with Gasteiger partial charge in [0.2, 0.25) is 0 Å². The Morgan fingerprint density at radius 2 is 1.70 bits per heavy atom. The topological polar surface area (TPSA) is 43.4 Å². The van der Waals surface area contributed by atoms with E-state index in [9.17, 15) is 9.59 Å². The predicted molar refractivity (Wildman–Crippen MR) is 77.5 cm³/mol. The number of Topliss-reactive ketones (excluding diaryl/α,β-unsaturated/α-hetero) is 1. The molecule has 0 bridgehead atoms. The Labute approximate surface area is 124 Å². The van der Waals surface area contributed by atoms with Crippen LogP contribution in [0.1, 0.15) is 10.4 Å². The first-order valence-corrected chi connectivity index (χ1v) is 7.18. The molecule has 1 unspecified atom stereocenters. The van der Waals surface area contributed by atoms with Crippen molar-refractivity contribution in [2.24, 2.45) is 0 Å². The van der Waals surface area contributed by atoms with Crippen LogP contribution in [0.4, 0.5) is 0 Å². The Morgan fingerprint density at radius 3 is 2.45 bits per heavy atom. The van der Waals surface area contributed by atoms with Gasteiger partial charge in [-0.3, -0.25) is 4.79 Å². The van der Waals surface area contributed by atoms with E-state index < -0.39 is 11.2 Å². The van der Waals surface area contributed by atoms with Crippen molar-refractivity contribution < 1.29 is 14.3 Å². The summed E-state index contributed by atoms with van der Waals surface area (Å²) in [5.41, 5.74) is 0.443. The lowest BCUT2D eigenvalue weighted by atomic mass is 10.0. The molecule has 1 aliphatic rings. The summed E-state index contributed by atoms with van der Waals surface area (Å²) in [6, 6.07) is 13.7. The zero-order valence-corrected chi connectivity index (χ0v) is 11.8. The maximum absolute atomic E-state index is 12.4. The standard InChI is InChI=1S/C15H9ClO3S/c16-9-5-7-10(8-6-9)20-14-13(17)11-3-1-2-4-12(11)19-15(14)18/h1-8,14H. The van der Waals surface area contributed by atoms with Gasteiger partial charge < -0.3 is 4.74 Å². The number of para-hydroxylation sites is 1. The number of hydrogen-bond donors (Lipinski definition) is 0. The fourth-order valence-electron chi connectivity index (χ4n) is 1.92. The van der Waals surface area contributed by atoms with Crippen molar-refractivity contribution in [2.75, 3.05) is 0 Å². The first-order chi connectivity index (χ1) is 9.65. The quantitative estimate of drug-likeness (QED) is 0.483. The van der Waals surface area contributed by atoms with Crippen LogP contribution < -0.4 is 4.74 Å². The van der Waals surface area contributed by atoms with E-state index >= 15 is 0 Å². The van der Waals surface area contributed by atoms with Gasteiger partial charge in [0.25, 0.3) is 0 Å². The normalized spacial score (nSPS) is 17.6. The third-order valence-corrected chi connectivity index (χ3v) is 4.32. The van der Waals surface area contributed by atoms with Gasteiger partial charge in [-0.2, -0.15) is 0 Å². The highest BCUT2D eigenvalue weighted by Gasteiger charge is 2.36. The highest BCUT2D eigenvalue weighted by atomic mass is 35.5. The van der Waals surface area contributed by atoms with Crippen LogP contribution in [0.5, 0.6) is 5.75 Å². The molecular formula is C15H9ClO3S. The zero-order valence-electron chi connectivity index (χ0n) is 10.2. The average molecular weight is 305 g/mol. The van der Waals surface area contributed by atoms with Gasteiger partial charge in [0, 0.05) is 9.92 Å². The van der Waals surface area contributed by atoms with Crippen LogP contribution in [-0.2, 0) is 4.79 Å². The number of fused-ring (bicyclic) bond motifs is 1. The van der Waals surface area contributed by atoms with Crippen LogP contribution in [0.15, 0.2) is 53.4 Å². The predicted octanol–water partition coefficient (Wildman–Crippen LogP) is 3.60. The highest BCUT2D eigenvalue weighted by molar-refractivity contribution is 8.01. The number of benzene rings is 2. The average Bonchev–Trinajstić information content (AvgIpc) is 2.45. The van der Waals surface area contributed by atoms with E-state index in [2.05, 4.69) is 0 Å². The first-order valence-electron chi connectivity index (χ1n) is 5.92. The summed E-state index contributed by atoms with van der Waals surface area (Å²) in [5, 5.41) is -0.261. The summed E-state index contributed by atoms with van der Waals surface area (Å²) in [4.78, 5) is 25.1. The number of rotatable bonds is 2. The Morgan fingerprint density at radius 1 is 1.00 bits per heavy atom. The smallest absolute Gasteiger partial charge is 0.332 e. The Balaban J connectivity index is 1.89. The molecule has 1 aliphatic heterocycles. The number of carbonyl (C=O) groups is 2. The van der Waals surface area contributed by atoms with Gasteiger partial charge in [-0.25, -0.2) is 4.79 Å². The van der Waals surface area contributed by atoms with E-state index in [1.54, 1.807) is 48.5 Å². The minimum Gasteiger partial charge on any atom is -0.425 e.